The molecule has 0 aliphatic carbocycles. The van der Waals surface area contributed by atoms with Crippen LogP contribution in [0.15, 0.2) is 65.3 Å². The summed E-state index contributed by atoms with van der Waals surface area (Å²) in [5, 5.41) is 9.15. The summed E-state index contributed by atoms with van der Waals surface area (Å²) in [6.45, 7) is 25.8. The van der Waals surface area contributed by atoms with E-state index in [0.29, 0.717) is 16.9 Å². The van der Waals surface area contributed by atoms with Crippen LogP contribution in [0.3, 0.4) is 0 Å². The summed E-state index contributed by atoms with van der Waals surface area (Å²) in [7, 11) is 7.10. The number of methoxy groups -OCH3 is 3. The average molecular weight is 629 g/mol. The van der Waals surface area contributed by atoms with E-state index in [1.165, 1.54) is 5.69 Å². The lowest BCUT2D eigenvalue weighted by Gasteiger charge is -2.26. The van der Waals surface area contributed by atoms with Gasteiger partial charge in [0.1, 0.15) is 6.10 Å². The summed E-state index contributed by atoms with van der Waals surface area (Å²) in [6.07, 6.45) is 7.25. The maximum atomic E-state index is 9.15. The van der Waals surface area contributed by atoms with Gasteiger partial charge in [-0.25, -0.2) is 10.1 Å². The van der Waals surface area contributed by atoms with Gasteiger partial charge in [-0.2, -0.15) is 0 Å². The Kier molecular flexibility index (Phi) is 30.3. The van der Waals surface area contributed by atoms with E-state index in [0.717, 1.165) is 31.7 Å². The molecule has 1 aromatic carbocycles. The molecule has 2 unspecified atom stereocenters. The fourth-order valence-corrected chi connectivity index (χ4v) is 3.85. The lowest BCUT2D eigenvalue weighted by Crippen LogP contribution is -2.37. The number of hydrogen-bond donors (Lipinski definition) is 0. The first-order valence-corrected chi connectivity index (χ1v) is 14.5. The van der Waals surface area contributed by atoms with E-state index in [1.807, 2.05) is 32.1 Å². The Bertz CT molecular complexity index is 1080. The minimum absolute atomic E-state index is 0. The summed E-state index contributed by atoms with van der Waals surface area (Å²) < 4.78 is 20.9. The summed E-state index contributed by atoms with van der Waals surface area (Å²) in [5.74, 6) is 0.659. The van der Waals surface area contributed by atoms with E-state index in [2.05, 4.69) is 73.7 Å². The zero-order chi connectivity index (χ0) is 32.1. The molecule has 1 heterocycles. The quantitative estimate of drug-likeness (QED) is 0.169. The molecular formula is C37H64N4O4. The van der Waals surface area contributed by atoms with Gasteiger partial charge in [-0.1, -0.05) is 60.4 Å². The van der Waals surface area contributed by atoms with E-state index in [1.54, 1.807) is 40.6 Å². The predicted octanol–water partition coefficient (Wildman–Crippen LogP) is 9.00. The molecule has 0 N–H and O–H groups in total. The Morgan fingerprint density at radius 2 is 1.42 bits per heavy atom. The maximum absolute atomic E-state index is 9.15. The molecule has 1 aliphatic heterocycles. The fraction of sp³-hybridized carbons (Fsp3) is 0.568. The molecule has 8 nitrogen and oxygen atoms in total. The molecule has 0 saturated carbocycles. The number of anilines is 1. The third-order valence-corrected chi connectivity index (χ3v) is 7.00. The van der Waals surface area contributed by atoms with Gasteiger partial charge >= 0.3 is 0 Å². The molecule has 0 amide bonds. The first-order chi connectivity index (χ1) is 20.1. The molecule has 2 rings (SSSR count). The number of nitrogens with zero attached hydrogens (tertiary/aromatic N) is 4. The first-order valence-electron chi connectivity index (χ1n) is 14.5. The van der Waals surface area contributed by atoms with Crippen LogP contribution in [0.25, 0.3) is 10.9 Å². The third-order valence-electron chi connectivity index (χ3n) is 7.00. The maximum Gasteiger partial charge on any atom is 0.269 e. The molecule has 256 valence electrons. The Hall–Kier alpha value is -3.40. The van der Waals surface area contributed by atoms with Gasteiger partial charge < -0.3 is 28.7 Å². The second-order valence-electron chi connectivity index (χ2n) is 9.60. The van der Waals surface area contributed by atoms with Crippen LogP contribution in [0.4, 0.5) is 5.69 Å². The van der Waals surface area contributed by atoms with Gasteiger partial charge in [0.25, 0.3) is 5.70 Å². The molecule has 1 aliphatic rings. The molecule has 45 heavy (non-hydrogen) atoms. The van der Waals surface area contributed by atoms with Gasteiger partial charge in [-0.15, -0.1) is 0 Å². The minimum Gasteiger partial charge on any atom is -0.469 e. The molecule has 1 aromatic rings. The second kappa shape index (κ2) is 28.1. The van der Waals surface area contributed by atoms with Crippen LogP contribution in [-0.4, -0.2) is 77.8 Å². The van der Waals surface area contributed by atoms with E-state index < -0.39 is 0 Å². The Morgan fingerprint density at radius 3 is 1.78 bits per heavy atom. The molecule has 0 radical (unpaired) electrons. The van der Waals surface area contributed by atoms with Gasteiger partial charge in [-0.3, -0.25) is 0 Å². The Balaban J connectivity index is -0.000000353. The van der Waals surface area contributed by atoms with E-state index >= 15 is 0 Å². The van der Waals surface area contributed by atoms with Gasteiger partial charge in [0.15, 0.2) is 0 Å². The van der Waals surface area contributed by atoms with Gasteiger partial charge in [0, 0.05) is 51.3 Å². The van der Waals surface area contributed by atoms with Crippen molar-refractivity contribution in [3.8, 4) is 6.07 Å². The van der Waals surface area contributed by atoms with E-state index in [4.69, 9.17) is 30.8 Å². The van der Waals surface area contributed by atoms with Gasteiger partial charge in [0.2, 0.25) is 0 Å². The predicted molar refractivity (Wildman–Crippen MR) is 194 cm³/mol. The van der Waals surface area contributed by atoms with Crippen molar-refractivity contribution in [2.45, 2.75) is 89.1 Å². The van der Waals surface area contributed by atoms with Crippen molar-refractivity contribution in [3.05, 3.63) is 82.3 Å². The molecular weight excluding hydrogens is 564 g/mol. The second-order valence-corrected chi connectivity index (χ2v) is 9.60. The average Bonchev–Trinajstić information content (AvgIpc) is 3.02. The normalized spacial score (nSPS) is 14.7. The first kappa shape index (κ1) is 48.5. The molecule has 0 saturated heterocycles. The van der Waals surface area contributed by atoms with Crippen molar-refractivity contribution in [1.82, 2.24) is 4.90 Å². The van der Waals surface area contributed by atoms with Crippen LogP contribution in [0.1, 0.15) is 76.3 Å². The minimum atomic E-state index is 0. The van der Waals surface area contributed by atoms with Crippen LogP contribution in [0.2, 0.25) is 0 Å². The number of hydrogen-bond acceptors (Lipinski definition) is 7. The van der Waals surface area contributed by atoms with Crippen LogP contribution in [0, 0.1) is 17.9 Å². The largest absolute Gasteiger partial charge is 0.469 e. The highest BCUT2D eigenvalue weighted by atomic mass is 16.6. The van der Waals surface area contributed by atoms with Gasteiger partial charge in [-0.05, 0) is 78.5 Å². The zero-order valence-corrected chi connectivity index (χ0v) is 27.6. The topological polar surface area (TPSA) is 71.5 Å². The highest BCUT2D eigenvalue weighted by Gasteiger charge is 2.22. The highest BCUT2D eigenvalue weighted by Crippen LogP contribution is 2.26. The van der Waals surface area contributed by atoms with Crippen LogP contribution in [-0.2, 0) is 18.9 Å². The highest BCUT2D eigenvalue weighted by molar-refractivity contribution is 5.63. The monoisotopic (exact) mass is 628 g/mol. The Morgan fingerprint density at radius 1 is 0.911 bits per heavy atom. The summed E-state index contributed by atoms with van der Waals surface area (Å²) in [4.78, 5) is 7.84. The lowest BCUT2D eigenvalue weighted by molar-refractivity contribution is -0.0941. The molecule has 0 bridgehead atoms. The molecule has 0 aromatic heterocycles. The summed E-state index contributed by atoms with van der Waals surface area (Å²) >= 11 is 0. The Labute approximate surface area is 277 Å². The van der Waals surface area contributed by atoms with Crippen molar-refractivity contribution in [2.75, 3.05) is 59.5 Å². The van der Waals surface area contributed by atoms with Crippen molar-refractivity contribution in [1.29, 1.82) is 5.26 Å². The van der Waals surface area contributed by atoms with Crippen molar-refractivity contribution in [2.24, 2.45) is 0 Å². The van der Waals surface area contributed by atoms with Crippen LogP contribution < -0.4 is 4.90 Å². The van der Waals surface area contributed by atoms with Crippen LogP contribution >= 0.6 is 0 Å². The van der Waals surface area contributed by atoms with Gasteiger partial charge in [0.05, 0.1) is 36.9 Å². The standard InChI is InChI=1S/C21H21N3O.C8H18O3.C5H13N.3CH4/c1-5-24(6-2)19-11-8-17(9-12-19)7-10-18-15-25-16(3)13-20(18)21(14-22)23-4;1-6(9-3)8(11-5)7(2)10-4;1-4-6(3)5-2;;;/h7-13,15H,5-6H2,1-3H3;6-8H,1-5H3;4-5H2,1-3H3;3*1H4/b10-7+,21-20-;;;;;. The van der Waals surface area contributed by atoms with E-state index in [-0.39, 0.29) is 46.3 Å². The molecule has 0 fully saturated rings. The van der Waals surface area contributed by atoms with Crippen molar-refractivity contribution in [3.63, 3.8) is 0 Å². The number of rotatable bonds is 12. The zero-order valence-electron chi connectivity index (χ0n) is 27.6. The van der Waals surface area contributed by atoms with Crippen molar-refractivity contribution < 1.29 is 18.9 Å². The molecule has 2 atom stereocenters. The summed E-state index contributed by atoms with van der Waals surface area (Å²) in [6, 6.07) is 10.2. The van der Waals surface area contributed by atoms with Crippen molar-refractivity contribution >= 4 is 11.8 Å². The van der Waals surface area contributed by atoms with Crippen LogP contribution in [0.5, 0.6) is 0 Å². The lowest BCUT2D eigenvalue weighted by atomic mass is 10.0. The number of ether oxygens (including phenoxy) is 4. The van der Waals surface area contributed by atoms with E-state index in [9.17, 15) is 0 Å². The summed E-state index contributed by atoms with van der Waals surface area (Å²) in [5.41, 5.74) is 3.61. The third kappa shape index (κ3) is 17.6. The fourth-order valence-electron chi connectivity index (χ4n) is 3.85. The number of benzene rings is 1. The molecule has 0 spiro atoms. The number of nitriles is 1. The number of allylic oxidation sites excluding steroid dienone is 6. The SMILES string of the molecule is C.C.C.CCN(C)CC.COC(C)C(OC)C(C)OC.[C-]#[N+]/C(C#N)=C1/C=C(C)OC=C1/C=C/c1ccc(N(CC)CC)cc1. The molecule has 8 heteroatoms. The smallest absolute Gasteiger partial charge is 0.269 e.